The molecule has 1 N–H and O–H groups in total. The predicted molar refractivity (Wildman–Crippen MR) is 67.7 cm³/mol. The molecule has 0 saturated heterocycles. The van der Waals surface area contributed by atoms with E-state index in [1.54, 1.807) is 0 Å². The van der Waals surface area contributed by atoms with Gasteiger partial charge in [0.2, 0.25) is 0 Å². The SMILES string of the molecule is CCCc1ccc([C@@H]2CCCC[C@H]2O)cc1. The summed E-state index contributed by atoms with van der Waals surface area (Å²) in [6.07, 6.45) is 6.81. The summed E-state index contributed by atoms with van der Waals surface area (Å²) in [6.45, 7) is 2.21. The number of hydrogen-bond acceptors (Lipinski definition) is 1. The minimum atomic E-state index is -0.120. The Hall–Kier alpha value is -0.820. The molecule has 2 atom stereocenters. The maximum absolute atomic E-state index is 10.00. The van der Waals surface area contributed by atoms with Gasteiger partial charge in [-0.1, -0.05) is 50.5 Å². The maximum atomic E-state index is 10.00. The van der Waals surface area contributed by atoms with E-state index in [0.717, 1.165) is 19.3 Å². The first-order valence-corrected chi connectivity index (χ1v) is 6.58. The molecule has 0 bridgehead atoms. The first kappa shape index (κ1) is 11.7. The summed E-state index contributed by atoms with van der Waals surface area (Å²) in [5.41, 5.74) is 2.74. The Bertz CT molecular complexity index is 315. The molecule has 1 heteroatoms. The van der Waals surface area contributed by atoms with Crippen molar-refractivity contribution >= 4 is 0 Å². The number of aryl methyl sites for hydroxylation is 1. The Labute approximate surface area is 98.5 Å². The highest BCUT2D eigenvalue weighted by molar-refractivity contribution is 5.26. The predicted octanol–water partition coefficient (Wildman–Crippen LogP) is 3.66. The fourth-order valence-corrected chi connectivity index (χ4v) is 2.72. The Morgan fingerprint density at radius 1 is 1.12 bits per heavy atom. The quantitative estimate of drug-likeness (QED) is 0.821. The van der Waals surface area contributed by atoms with Gasteiger partial charge in [0.1, 0.15) is 0 Å². The van der Waals surface area contributed by atoms with Crippen molar-refractivity contribution < 1.29 is 5.11 Å². The molecule has 88 valence electrons. The smallest absolute Gasteiger partial charge is 0.0608 e. The summed E-state index contributed by atoms with van der Waals surface area (Å²) in [5.74, 6) is 0.379. The average Bonchev–Trinajstić information content (AvgIpc) is 2.31. The lowest BCUT2D eigenvalue weighted by atomic mass is 9.81. The average molecular weight is 218 g/mol. The van der Waals surface area contributed by atoms with E-state index in [1.807, 2.05) is 0 Å². The molecule has 0 unspecified atom stereocenters. The van der Waals surface area contributed by atoms with Gasteiger partial charge in [0.25, 0.3) is 0 Å². The van der Waals surface area contributed by atoms with Crippen LogP contribution in [-0.2, 0) is 6.42 Å². The Morgan fingerprint density at radius 2 is 1.81 bits per heavy atom. The van der Waals surface area contributed by atoms with E-state index < -0.39 is 0 Å². The van der Waals surface area contributed by atoms with Crippen LogP contribution in [0.15, 0.2) is 24.3 Å². The second-order valence-electron chi connectivity index (χ2n) is 4.95. The van der Waals surface area contributed by atoms with Gasteiger partial charge < -0.3 is 5.11 Å². The van der Waals surface area contributed by atoms with Gasteiger partial charge in [-0.05, 0) is 30.4 Å². The molecule has 2 rings (SSSR count). The fourth-order valence-electron chi connectivity index (χ4n) is 2.72. The first-order chi connectivity index (χ1) is 7.81. The fraction of sp³-hybridized carbons (Fsp3) is 0.600. The molecule has 16 heavy (non-hydrogen) atoms. The third-order valence-corrected chi connectivity index (χ3v) is 3.68. The van der Waals surface area contributed by atoms with Crippen molar-refractivity contribution in [3.63, 3.8) is 0 Å². The summed E-state index contributed by atoms with van der Waals surface area (Å²) in [4.78, 5) is 0. The molecule has 1 saturated carbocycles. The van der Waals surface area contributed by atoms with Crippen LogP contribution in [-0.4, -0.2) is 11.2 Å². The van der Waals surface area contributed by atoms with Crippen LogP contribution in [0.3, 0.4) is 0 Å². The third kappa shape index (κ3) is 2.65. The number of rotatable bonds is 3. The molecule has 0 spiro atoms. The largest absolute Gasteiger partial charge is 0.392 e. The molecule has 0 aromatic heterocycles. The second kappa shape index (κ2) is 5.49. The molecule has 1 fully saturated rings. The van der Waals surface area contributed by atoms with E-state index in [0.29, 0.717) is 5.92 Å². The van der Waals surface area contributed by atoms with Crippen molar-refractivity contribution in [1.29, 1.82) is 0 Å². The van der Waals surface area contributed by atoms with E-state index in [9.17, 15) is 5.11 Å². The number of hydrogen-bond donors (Lipinski definition) is 1. The zero-order valence-electron chi connectivity index (χ0n) is 10.2. The Kier molecular flexibility index (Phi) is 4.00. The summed E-state index contributed by atoms with van der Waals surface area (Å²) in [5, 5.41) is 10.00. The Balaban J connectivity index is 2.08. The van der Waals surface area contributed by atoms with Gasteiger partial charge in [-0.2, -0.15) is 0 Å². The summed E-state index contributed by atoms with van der Waals surface area (Å²) < 4.78 is 0. The van der Waals surface area contributed by atoms with Crippen LogP contribution in [0.5, 0.6) is 0 Å². The normalized spacial score (nSPS) is 25.6. The molecule has 0 aliphatic heterocycles. The number of benzene rings is 1. The van der Waals surface area contributed by atoms with Gasteiger partial charge >= 0.3 is 0 Å². The molecule has 1 aromatic rings. The van der Waals surface area contributed by atoms with E-state index in [4.69, 9.17) is 0 Å². The minimum Gasteiger partial charge on any atom is -0.392 e. The first-order valence-electron chi connectivity index (χ1n) is 6.58. The second-order valence-corrected chi connectivity index (χ2v) is 4.95. The lowest BCUT2D eigenvalue weighted by molar-refractivity contribution is 0.106. The molecule has 1 nitrogen and oxygen atoms in total. The van der Waals surface area contributed by atoms with Crippen LogP contribution in [0, 0.1) is 0 Å². The van der Waals surface area contributed by atoms with Gasteiger partial charge in [-0.25, -0.2) is 0 Å². The topological polar surface area (TPSA) is 20.2 Å². The maximum Gasteiger partial charge on any atom is 0.0608 e. The van der Waals surface area contributed by atoms with E-state index in [-0.39, 0.29) is 6.10 Å². The Morgan fingerprint density at radius 3 is 2.44 bits per heavy atom. The van der Waals surface area contributed by atoms with Gasteiger partial charge in [0.15, 0.2) is 0 Å². The van der Waals surface area contributed by atoms with Crippen molar-refractivity contribution in [3.8, 4) is 0 Å². The highest BCUT2D eigenvalue weighted by atomic mass is 16.3. The minimum absolute atomic E-state index is 0.120. The molecule has 1 aliphatic carbocycles. The van der Waals surface area contributed by atoms with E-state index in [1.165, 1.54) is 30.4 Å². The number of aliphatic hydroxyl groups is 1. The zero-order chi connectivity index (χ0) is 11.4. The summed E-state index contributed by atoms with van der Waals surface area (Å²) in [7, 11) is 0. The monoisotopic (exact) mass is 218 g/mol. The standard InChI is InChI=1S/C15H22O/c1-2-5-12-8-10-13(11-9-12)14-6-3-4-7-15(14)16/h8-11,14-16H,2-7H2,1H3/t14-,15+/m0/s1. The van der Waals surface area contributed by atoms with Crippen LogP contribution in [0.2, 0.25) is 0 Å². The zero-order valence-corrected chi connectivity index (χ0v) is 10.2. The molecule has 1 aromatic carbocycles. The summed E-state index contributed by atoms with van der Waals surface area (Å²) in [6, 6.07) is 8.87. The molecular weight excluding hydrogens is 196 g/mol. The van der Waals surface area contributed by atoms with Crippen molar-refractivity contribution in [2.75, 3.05) is 0 Å². The van der Waals surface area contributed by atoms with Crippen molar-refractivity contribution in [3.05, 3.63) is 35.4 Å². The lowest BCUT2D eigenvalue weighted by Crippen LogP contribution is -2.22. The van der Waals surface area contributed by atoms with Crippen molar-refractivity contribution in [1.82, 2.24) is 0 Å². The van der Waals surface area contributed by atoms with Gasteiger partial charge in [-0.3, -0.25) is 0 Å². The number of aliphatic hydroxyl groups excluding tert-OH is 1. The van der Waals surface area contributed by atoms with Crippen LogP contribution in [0.4, 0.5) is 0 Å². The molecular formula is C15H22O. The highest BCUT2D eigenvalue weighted by Gasteiger charge is 2.24. The molecule has 0 heterocycles. The summed E-state index contributed by atoms with van der Waals surface area (Å²) >= 11 is 0. The van der Waals surface area contributed by atoms with E-state index >= 15 is 0 Å². The lowest BCUT2D eigenvalue weighted by Gasteiger charge is -2.28. The van der Waals surface area contributed by atoms with Crippen LogP contribution in [0.25, 0.3) is 0 Å². The van der Waals surface area contributed by atoms with Gasteiger partial charge in [0.05, 0.1) is 6.10 Å². The van der Waals surface area contributed by atoms with Crippen molar-refractivity contribution in [2.45, 2.75) is 57.5 Å². The van der Waals surface area contributed by atoms with Crippen LogP contribution < -0.4 is 0 Å². The molecule has 0 amide bonds. The van der Waals surface area contributed by atoms with Gasteiger partial charge in [-0.15, -0.1) is 0 Å². The molecule has 0 radical (unpaired) electrons. The van der Waals surface area contributed by atoms with Crippen LogP contribution in [0.1, 0.15) is 56.1 Å². The van der Waals surface area contributed by atoms with Crippen LogP contribution >= 0.6 is 0 Å². The molecule has 1 aliphatic rings. The third-order valence-electron chi connectivity index (χ3n) is 3.68. The highest BCUT2D eigenvalue weighted by Crippen LogP contribution is 2.33. The van der Waals surface area contributed by atoms with Crippen molar-refractivity contribution in [2.24, 2.45) is 0 Å². The van der Waals surface area contributed by atoms with E-state index in [2.05, 4.69) is 31.2 Å². The van der Waals surface area contributed by atoms with Gasteiger partial charge in [0, 0.05) is 5.92 Å².